The van der Waals surface area contributed by atoms with Crippen LogP contribution in [0.4, 0.5) is 6.01 Å². The van der Waals surface area contributed by atoms with E-state index >= 15 is 0 Å². The summed E-state index contributed by atoms with van der Waals surface area (Å²) < 4.78 is 5.12. The van der Waals surface area contributed by atoms with Crippen molar-refractivity contribution in [3.63, 3.8) is 0 Å². The number of aromatic nitrogens is 2. The number of likely N-dealkylation sites (N-methyl/N-ethyl adjacent to an activating group) is 1. The normalized spacial score (nSPS) is 20.3. The van der Waals surface area contributed by atoms with Crippen LogP contribution >= 0.6 is 0 Å². The van der Waals surface area contributed by atoms with Crippen molar-refractivity contribution in [1.29, 1.82) is 0 Å². The van der Waals surface area contributed by atoms with Gasteiger partial charge >= 0.3 is 6.01 Å². The molecule has 7 nitrogen and oxygen atoms in total. The van der Waals surface area contributed by atoms with Crippen molar-refractivity contribution >= 4 is 11.9 Å². The average molecular weight is 267 g/mol. The standard InChI is InChI=1S/C12H21N5O2/c1-9-15-16-12(19-9)14-11(18)8-17(2)10-4-3-6-13-7-5-10/h10,13H,3-8H2,1-2H3,(H,14,16,18). The summed E-state index contributed by atoms with van der Waals surface area (Å²) >= 11 is 0. The van der Waals surface area contributed by atoms with Crippen LogP contribution in [0.25, 0.3) is 0 Å². The molecule has 19 heavy (non-hydrogen) atoms. The highest BCUT2D eigenvalue weighted by molar-refractivity contribution is 5.90. The summed E-state index contributed by atoms with van der Waals surface area (Å²) in [5.41, 5.74) is 0. The maximum atomic E-state index is 11.9. The Labute approximate surface area is 112 Å². The van der Waals surface area contributed by atoms with E-state index in [1.807, 2.05) is 7.05 Å². The van der Waals surface area contributed by atoms with Gasteiger partial charge in [-0.15, -0.1) is 5.10 Å². The number of aryl methyl sites for hydroxylation is 1. The Morgan fingerprint density at radius 2 is 2.32 bits per heavy atom. The summed E-state index contributed by atoms with van der Waals surface area (Å²) in [4.78, 5) is 14.0. The Morgan fingerprint density at radius 1 is 1.47 bits per heavy atom. The van der Waals surface area contributed by atoms with E-state index in [-0.39, 0.29) is 11.9 Å². The lowest BCUT2D eigenvalue weighted by atomic mass is 10.1. The first-order valence-corrected chi connectivity index (χ1v) is 6.66. The van der Waals surface area contributed by atoms with E-state index in [4.69, 9.17) is 4.42 Å². The molecule has 0 saturated carbocycles. The monoisotopic (exact) mass is 267 g/mol. The molecule has 1 unspecified atom stereocenters. The molecule has 1 aliphatic heterocycles. The van der Waals surface area contributed by atoms with Gasteiger partial charge in [-0.1, -0.05) is 5.10 Å². The van der Waals surface area contributed by atoms with Crippen LogP contribution in [0.3, 0.4) is 0 Å². The number of anilines is 1. The van der Waals surface area contributed by atoms with E-state index < -0.39 is 0 Å². The van der Waals surface area contributed by atoms with Gasteiger partial charge in [0.05, 0.1) is 6.54 Å². The lowest BCUT2D eigenvalue weighted by Gasteiger charge is -2.25. The molecule has 7 heteroatoms. The first-order chi connectivity index (χ1) is 9.15. The molecule has 1 aliphatic rings. The van der Waals surface area contributed by atoms with Gasteiger partial charge < -0.3 is 9.73 Å². The first-order valence-electron chi connectivity index (χ1n) is 6.66. The van der Waals surface area contributed by atoms with Gasteiger partial charge in [0.25, 0.3) is 0 Å². The summed E-state index contributed by atoms with van der Waals surface area (Å²) in [5, 5.41) is 13.4. The van der Waals surface area contributed by atoms with Crippen molar-refractivity contribution in [2.75, 3.05) is 32.0 Å². The number of amides is 1. The number of nitrogens with one attached hydrogen (secondary N) is 2. The van der Waals surface area contributed by atoms with Crippen LogP contribution in [-0.2, 0) is 4.79 Å². The van der Waals surface area contributed by atoms with Gasteiger partial charge in [-0.25, -0.2) is 0 Å². The minimum absolute atomic E-state index is 0.122. The van der Waals surface area contributed by atoms with Crippen LogP contribution in [0.5, 0.6) is 0 Å². The average Bonchev–Trinajstić information content (AvgIpc) is 2.64. The molecule has 1 atom stereocenters. The molecule has 106 valence electrons. The second-order valence-electron chi connectivity index (χ2n) is 4.92. The van der Waals surface area contributed by atoms with Crippen LogP contribution in [0.15, 0.2) is 4.42 Å². The van der Waals surface area contributed by atoms with Crippen LogP contribution in [0.1, 0.15) is 25.2 Å². The Morgan fingerprint density at radius 3 is 3.05 bits per heavy atom. The number of hydrogen-bond acceptors (Lipinski definition) is 6. The SMILES string of the molecule is Cc1nnc(NC(=O)CN(C)C2CCCNCC2)o1. The van der Waals surface area contributed by atoms with Crippen LogP contribution < -0.4 is 10.6 Å². The number of rotatable bonds is 4. The van der Waals surface area contributed by atoms with E-state index in [1.165, 1.54) is 0 Å². The smallest absolute Gasteiger partial charge is 0.322 e. The molecule has 0 aromatic carbocycles. The van der Waals surface area contributed by atoms with E-state index in [0.717, 1.165) is 32.4 Å². The minimum Gasteiger partial charge on any atom is -0.408 e. The fourth-order valence-electron chi connectivity index (χ4n) is 2.30. The van der Waals surface area contributed by atoms with Gasteiger partial charge in [-0.2, -0.15) is 0 Å². The molecular weight excluding hydrogens is 246 g/mol. The molecule has 1 saturated heterocycles. The van der Waals surface area contributed by atoms with E-state index in [9.17, 15) is 4.79 Å². The second-order valence-corrected chi connectivity index (χ2v) is 4.92. The van der Waals surface area contributed by atoms with E-state index in [0.29, 0.717) is 18.5 Å². The Bertz CT molecular complexity index is 412. The van der Waals surface area contributed by atoms with E-state index in [1.54, 1.807) is 6.92 Å². The van der Waals surface area contributed by atoms with Gasteiger partial charge in [-0.05, 0) is 39.4 Å². The van der Waals surface area contributed by atoms with Gasteiger partial charge in [0.2, 0.25) is 11.8 Å². The topological polar surface area (TPSA) is 83.3 Å². The quantitative estimate of drug-likeness (QED) is 0.821. The summed E-state index contributed by atoms with van der Waals surface area (Å²) in [6, 6.07) is 0.614. The third kappa shape index (κ3) is 4.29. The summed E-state index contributed by atoms with van der Waals surface area (Å²) in [7, 11) is 1.98. The zero-order chi connectivity index (χ0) is 13.7. The maximum Gasteiger partial charge on any atom is 0.322 e. The molecule has 2 heterocycles. The molecule has 2 N–H and O–H groups in total. The molecule has 0 bridgehead atoms. The van der Waals surface area contributed by atoms with E-state index in [2.05, 4.69) is 25.7 Å². The predicted molar refractivity (Wildman–Crippen MR) is 70.8 cm³/mol. The fraction of sp³-hybridized carbons (Fsp3) is 0.750. The van der Waals surface area contributed by atoms with Gasteiger partial charge in [0.1, 0.15) is 0 Å². The van der Waals surface area contributed by atoms with Crippen LogP contribution in [0, 0.1) is 6.92 Å². The molecule has 2 rings (SSSR count). The summed E-state index contributed by atoms with van der Waals surface area (Å²) in [6.07, 6.45) is 3.35. The lowest BCUT2D eigenvalue weighted by Crippen LogP contribution is -2.38. The highest BCUT2D eigenvalue weighted by Crippen LogP contribution is 2.12. The number of hydrogen-bond donors (Lipinski definition) is 2. The number of carbonyl (C=O) groups excluding carboxylic acids is 1. The zero-order valence-electron chi connectivity index (χ0n) is 11.5. The molecule has 1 amide bonds. The van der Waals surface area contributed by atoms with Gasteiger partial charge in [-0.3, -0.25) is 15.0 Å². The van der Waals surface area contributed by atoms with Crippen molar-refractivity contribution in [2.24, 2.45) is 0 Å². The highest BCUT2D eigenvalue weighted by Gasteiger charge is 2.19. The molecule has 0 radical (unpaired) electrons. The lowest BCUT2D eigenvalue weighted by molar-refractivity contribution is -0.117. The second kappa shape index (κ2) is 6.63. The highest BCUT2D eigenvalue weighted by atomic mass is 16.4. The number of nitrogens with zero attached hydrogens (tertiary/aromatic N) is 3. The van der Waals surface area contributed by atoms with Gasteiger partial charge in [0.15, 0.2) is 0 Å². The first kappa shape index (κ1) is 14.0. The maximum absolute atomic E-state index is 11.9. The molecule has 0 spiro atoms. The Balaban J connectivity index is 1.80. The Kier molecular flexibility index (Phi) is 4.86. The minimum atomic E-state index is -0.122. The van der Waals surface area contributed by atoms with Crippen molar-refractivity contribution in [3.8, 4) is 0 Å². The molecule has 1 fully saturated rings. The Hall–Kier alpha value is -1.47. The third-order valence-corrected chi connectivity index (χ3v) is 3.33. The van der Waals surface area contributed by atoms with Crippen molar-refractivity contribution in [2.45, 2.75) is 32.2 Å². The summed E-state index contributed by atoms with van der Waals surface area (Å²) in [6.45, 7) is 4.11. The fourth-order valence-corrected chi connectivity index (χ4v) is 2.30. The van der Waals surface area contributed by atoms with Crippen LogP contribution in [-0.4, -0.2) is 53.7 Å². The molecule has 1 aromatic rings. The van der Waals surface area contributed by atoms with Crippen molar-refractivity contribution in [3.05, 3.63) is 5.89 Å². The van der Waals surface area contributed by atoms with Crippen LogP contribution in [0.2, 0.25) is 0 Å². The zero-order valence-corrected chi connectivity index (χ0v) is 11.5. The third-order valence-electron chi connectivity index (χ3n) is 3.33. The molecular formula is C12H21N5O2. The van der Waals surface area contributed by atoms with Crippen molar-refractivity contribution in [1.82, 2.24) is 20.4 Å². The molecule has 1 aromatic heterocycles. The number of carbonyl (C=O) groups is 1. The van der Waals surface area contributed by atoms with Gasteiger partial charge in [0, 0.05) is 13.0 Å². The largest absolute Gasteiger partial charge is 0.408 e. The molecule has 0 aliphatic carbocycles. The van der Waals surface area contributed by atoms with Crippen molar-refractivity contribution < 1.29 is 9.21 Å². The predicted octanol–water partition coefficient (Wildman–Crippen LogP) is 0.390. The summed E-state index contributed by atoms with van der Waals surface area (Å²) in [5.74, 6) is 0.321.